The van der Waals surface area contributed by atoms with Crippen LogP contribution < -0.4 is 5.32 Å². The lowest BCUT2D eigenvalue weighted by atomic mass is 9.79. The molecule has 0 radical (unpaired) electrons. The molecule has 2 aliphatic carbocycles. The van der Waals surface area contributed by atoms with Gasteiger partial charge in [0.15, 0.2) is 0 Å². The van der Waals surface area contributed by atoms with Crippen LogP contribution >= 0.6 is 22.6 Å². The van der Waals surface area contributed by atoms with Crippen LogP contribution in [0.2, 0.25) is 0 Å². The van der Waals surface area contributed by atoms with Gasteiger partial charge in [-0.15, -0.1) is 0 Å². The van der Waals surface area contributed by atoms with Crippen molar-refractivity contribution in [2.75, 3.05) is 5.32 Å². The minimum absolute atomic E-state index is 0.0268. The van der Waals surface area contributed by atoms with Crippen molar-refractivity contribution >= 4 is 40.2 Å². The van der Waals surface area contributed by atoms with Crippen molar-refractivity contribution in [3.05, 3.63) is 27.8 Å². The average Bonchev–Trinajstić information content (AvgIpc) is 3.02. The molecule has 1 amide bonds. The molecular weight excluding hydrogens is 369 g/mol. The van der Waals surface area contributed by atoms with Crippen molar-refractivity contribution in [1.29, 1.82) is 0 Å². The zero-order chi connectivity index (χ0) is 13.9. The highest BCUT2D eigenvalue weighted by atomic mass is 127. The second-order valence-corrected chi connectivity index (χ2v) is 7.16. The van der Waals surface area contributed by atoms with E-state index in [2.05, 4.69) is 27.9 Å². The van der Waals surface area contributed by atoms with E-state index in [1.54, 1.807) is 0 Å². The van der Waals surface area contributed by atoms with Gasteiger partial charge in [0.1, 0.15) is 6.10 Å². The van der Waals surface area contributed by atoms with Gasteiger partial charge in [0, 0.05) is 15.2 Å². The summed E-state index contributed by atoms with van der Waals surface area (Å²) in [5.74, 6) is -0.0119. The predicted molar refractivity (Wildman–Crippen MR) is 80.9 cm³/mol. The van der Waals surface area contributed by atoms with E-state index in [-0.39, 0.29) is 35.7 Å². The number of carbonyl (C=O) groups excluding carboxylic acids is 2. The molecule has 5 heteroatoms. The van der Waals surface area contributed by atoms with E-state index in [1.165, 1.54) is 0 Å². The van der Waals surface area contributed by atoms with Crippen molar-refractivity contribution in [1.82, 2.24) is 0 Å². The summed E-state index contributed by atoms with van der Waals surface area (Å²) in [6.07, 6.45) is 1.91. The van der Waals surface area contributed by atoms with Crippen LogP contribution in [0.3, 0.4) is 0 Å². The summed E-state index contributed by atoms with van der Waals surface area (Å²) in [5.41, 5.74) is 0.793. The highest BCUT2D eigenvalue weighted by molar-refractivity contribution is 14.1. The van der Waals surface area contributed by atoms with Gasteiger partial charge in [0.05, 0.1) is 11.8 Å². The SMILES string of the molecule is O=C1O[C@H]2C[C@H]3C[C@H]2[C@@H]1[C@H]3C(=O)Nc1ccc(I)cc1. The fourth-order valence-corrected chi connectivity index (χ4v) is 4.48. The molecule has 5 atom stereocenters. The smallest absolute Gasteiger partial charge is 0.310 e. The molecule has 0 aromatic heterocycles. The predicted octanol–water partition coefficient (Wildman–Crippen LogP) is 2.43. The summed E-state index contributed by atoms with van der Waals surface area (Å²) in [6, 6.07) is 7.69. The number of ether oxygens (including phenoxy) is 1. The number of rotatable bonds is 2. The molecule has 104 valence electrons. The first-order chi connectivity index (χ1) is 9.63. The summed E-state index contributed by atoms with van der Waals surface area (Å²) in [5, 5.41) is 2.95. The number of amides is 1. The first kappa shape index (κ1) is 12.6. The molecule has 1 saturated heterocycles. The summed E-state index contributed by atoms with van der Waals surface area (Å²) < 4.78 is 6.49. The van der Waals surface area contributed by atoms with E-state index in [4.69, 9.17) is 4.74 Å². The standard InChI is InChI=1S/C15H14INO3/c16-8-1-3-9(4-2-8)17-14(18)12-7-5-10-11(6-7)20-15(19)13(10)12/h1-4,7,10-13H,5-6H2,(H,17,18)/t7-,10-,11+,12+,13-/m1/s1. The third-order valence-electron chi connectivity index (χ3n) is 4.90. The molecule has 0 unspecified atom stereocenters. The lowest BCUT2D eigenvalue weighted by Gasteiger charge is -2.23. The molecule has 3 fully saturated rings. The Labute approximate surface area is 130 Å². The maximum atomic E-state index is 12.5. The van der Waals surface area contributed by atoms with Gasteiger partial charge in [-0.2, -0.15) is 0 Å². The van der Waals surface area contributed by atoms with Crippen LogP contribution in [0.15, 0.2) is 24.3 Å². The van der Waals surface area contributed by atoms with Crippen molar-refractivity contribution in [2.45, 2.75) is 18.9 Å². The first-order valence-electron chi connectivity index (χ1n) is 6.90. The maximum absolute atomic E-state index is 12.5. The van der Waals surface area contributed by atoms with Gasteiger partial charge in [0.2, 0.25) is 5.91 Å². The Kier molecular flexibility index (Phi) is 2.80. The Morgan fingerprint density at radius 3 is 2.75 bits per heavy atom. The average molecular weight is 383 g/mol. The number of nitrogens with one attached hydrogen (secondary N) is 1. The maximum Gasteiger partial charge on any atom is 0.310 e. The van der Waals surface area contributed by atoms with Gasteiger partial charge in [-0.1, -0.05) is 0 Å². The van der Waals surface area contributed by atoms with Crippen molar-refractivity contribution < 1.29 is 14.3 Å². The first-order valence-corrected chi connectivity index (χ1v) is 7.98. The lowest BCUT2D eigenvalue weighted by Crippen LogP contribution is -2.35. The van der Waals surface area contributed by atoms with Crippen LogP contribution in [-0.4, -0.2) is 18.0 Å². The molecule has 4 nitrogen and oxygen atoms in total. The number of anilines is 1. The summed E-state index contributed by atoms with van der Waals surface area (Å²) in [4.78, 5) is 24.4. The van der Waals surface area contributed by atoms with Crippen molar-refractivity contribution in [2.24, 2.45) is 23.7 Å². The van der Waals surface area contributed by atoms with Crippen molar-refractivity contribution in [3.8, 4) is 0 Å². The number of fused-ring (bicyclic) bond motifs is 1. The van der Waals surface area contributed by atoms with Gasteiger partial charge in [-0.3, -0.25) is 9.59 Å². The molecule has 3 aliphatic rings. The molecule has 4 rings (SSSR count). The quantitative estimate of drug-likeness (QED) is 0.631. The van der Waals surface area contributed by atoms with Crippen LogP contribution in [-0.2, 0) is 14.3 Å². The van der Waals surface area contributed by atoms with Crippen molar-refractivity contribution in [3.63, 3.8) is 0 Å². The van der Waals surface area contributed by atoms with E-state index in [0.29, 0.717) is 5.92 Å². The molecule has 1 aromatic carbocycles. The largest absolute Gasteiger partial charge is 0.462 e. The van der Waals surface area contributed by atoms with E-state index in [1.807, 2.05) is 24.3 Å². The number of halogens is 1. The molecular formula is C15H14INO3. The Bertz CT molecular complexity index is 583. The summed E-state index contributed by atoms with van der Waals surface area (Å²) >= 11 is 2.23. The Morgan fingerprint density at radius 1 is 1.25 bits per heavy atom. The highest BCUT2D eigenvalue weighted by Crippen LogP contribution is 2.57. The molecule has 1 heterocycles. The molecule has 2 bridgehead atoms. The zero-order valence-corrected chi connectivity index (χ0v) is 12.9. The van der Waals surface area contributed by atoms with E-state index in [9.17, 15) is 9.59 Å². The summed E-state index contributed by atoms with van der Waals surface area (Å²) in [6.45, 7) is 0. The highest BCUT2D eigenvalue weighted by Gasteiger charge is 2.63. The molecule has 1 aromatic rings. The molecule has 1 N–H and O–H groups in total. The number of benzene rings is 1. The zero-order valence-electron chi connectivity index (χ0n) is 10.7. The third-order valence-corrected chi connectivity index (χ3v) is 5.62. The Balaban J connectivity index is 1.54. The molecule has 20 heavy (non-hydrogen) atoms. The lowest BCUT2D eigenvalue weighted by molar-refractivity contribution is -0.145. The molecule has 1 aliphatic heterocycles. The van der Waals surface area contributed by atoms with E-state index < -0.39 is 0 Å². The number of esters is 1. The second kappa shape index (κ2) is 4.44. The number of hydrogen-bond acceptors (Lipinski definition) is 3. The van der Waals surface area contributed by atoms with Gasteiger partial charge in [-0.05, 0) is 65.6 Å². The van der Waals surface area contributed by atoms with Gasteiger partial charge in [-0.25, -0.2) is 0 Å². The minimum Gasteiger partial charge on any atom is -0.462 e. The Hall–Kier alpha value is -1.11. The normalized spacial score (nSPS) is 37.0. The molecule has 0 spiro atoms. The van der Waals surface area contributed by atoms with Crippen LogP contribution in [0, 0.1) is 27.2 Å². The second-order valence-electron chi connectivity index (χ2n) is 5.92. The van der Waals surface area contributed by atoms with Crippen LogP contribution in [0.4, 0.5) is 5.69 Å². The van der Waals surface area contributed by atoms with Gasteiger partial charge in [0.25, 0.3) is 0 Å². The summed E-state index contributed by atoms with van der Waals surface area (Å²) in [7, 11) is 0. The third kappa shape index (κ3) is 1.78. The number of carbonyl (C=O) groups is 2. The fraction of sp³-hybridized carbons (Fsp3) is 0.467. The number of hydrogen-bond donors (Lipinski definition) is 1. The minimum atomic E-state index is -0.206. The molecule has 2 saturated carbocycles. The fourth-order valence-electron chi connectivity index (χ4n) is 4.12. The van der Waals surface area contributed by atoms with Crippen LogP contribution in [0.1, 0.15) is 12.8 Å². The van der Waals surface area contributed by atoms with E-state index in [0.717, 1.165) is 22.1 Å². The monoisotopic (exact) mass is 383 g/mol. The van der Waals surface area contributed by atoms with E-state index >= 15 is 0 Å². The topological polar surface area (TPSA) is 55.4 Å². The van der Waals surface area contributed by atoms with Crippen LogP contribution in [0.5, 0.6) is 0 Å². The Morgan fingerprint density at radius 2 is 2.00 bits per heavy atom. The van der Waals surface area contributed by atoms with Gasteiger partial charge >= 0.3 is 5.97 Å². The van der Waals surface area contributed by atoms with Crippen LogP contribution in [0.25, 0.3) is 0 Å². The van der Waals surface area contributed by atoms with Gasteiger partial charge < -0.3 is 10.1 Å².